The normalized spacial score (nSPS) is 11.1. The van der Waals surface area contributed by atoms with E-state index in [1.807, 2.05) is 6.20 Å². The van der Waals surface area contributed by atoms with Crippen LogP contribution >= 0.6 is 0 Å². The second kappa shape index (κ2) is 5.15. The summed E-state index contributed by atoms with van der Waals surface area (Å²) >= 11 is 0. The van der Waals surface area contributed by atoms with E-state index in [1.165, 1.54) is 16.7 Å². The molecule has 0 bridgehead atoms. The molecule has 90 valence electrons. The minimum Gasteiger partial charge on any atom is -0.330 e. The fourth-order valence-electron chi connectivity index (χ4n) is 1.94. The number of hydrogen-bond acceptors (Lipinski definition) is 2. The monoisotopic (exact) mass is 229 g/mol. The summed E-state index contributed by atoms with van der Waals surface area (Å²) in [5.74, 6) is 0.564. The Morgan fingerprint density at radius 3 is 2.53 bits per heavy atom. The molecule has 0 radical (unpaired) electrons. The van der Waals surface area contributed by atoms with Crippen molar-refractivity contribution in [2.24, 2.45) is 5.73 Å². The van der Waals surface area contributed by atoms with Crippen LogP contribution < -0.4 is 5.73 Å². The van der Waals surface area contributed by atoms with Gasteiger partial charge in [0.15, 0.2) is 0 Å². The van der Waals surface area contributed by atoms with Gasteiger partial charge in [0.25, 0.3) is 0 Å². The maximum atomic E-state index is 5.59. The molecule has 2 rings (SSSR count). The van der Waals surface area contributed by atoms with E-state index in [1.54, 1.807) is 0 Å². The van der Waals surface area contributed by atoms with E-state index in [-0.39, 0.29) is 0 Å². The third-order valence-corrected chi connectivity index (χ3v) is 3.00. The zero-order valence-electron chi connectivity index (χ0n) is 10.4. The molecule has 0 spiro atoms. The Labute approximate surface area is 102 Å². The van der Waals surface area contributed by atoms with Crippen molar-refractivity contribution in [2.75, 3.05) is 6.54 Å². The van der Waals surface area contributed by atoms with Crippen LogP contribution in [0.3, 0.4) is 0 Å². The number of rotatable bonds is 4. The first kappa shape index (κ1) is 11.9. The molecule has 1 heterocycles. The van der Waals surface area contributed by atoms with Crippen molar-refractivity contribution in [3.63, 3.8) is 0 Å². The van der Waals surface area contributed by atoms with Crippen molar-refractivity contribution in [1.29, 1.82) is 0 Å². The molecule has 17 heavy (non-hydrogen) atoms. The number of benzene rings is 1. The molecule has 3 N–H and O–H groups in total. The van der Waals surface area contributed by atoms with Crippen LogP contribution in [0, 0.1) is 0 Å². The lowest BCUT2D eigenvalue weighted by Gasteiger charge is -2.07. The van der Waals surface area contributed by atoms with Crippen LogP contribution in [0.5, 0.6) is 0 Å². The zero-order valence-corrected chi connectivity index (χ0v) is 10.4. The van der Waals surface area contributed by atoms with E-state index in [2.05, 4.69) is 48.3 Å². The number of nitrogens with zero attached hydrogens (tertiary/aromatic N) is 1. The average molecular weight is 229 g/mol. The Kier molecular flexibility index (Phi) is 3.59. The van der Waals surface area contributed by atoms with E-state index in [9.17, 15) is 0 Å². The first-order valence-corrected chi connectivity index (χ1v) is 6.05. The molecule has 0 fully saturated rings. The summed E-state index contributed by atoms with van der Waals surface area (Å²) in [7, 11) is 0. The lowest BCUT2D eigenvalue weighted by Crippen LogP contribution is -2.02. The van der Waals surface area contributed by atoms with Crippen molar-refractivity contribution >= 4 is 0 Å². The first-order chi connectivity index (χ1) is 8.22. The van der Waals surface area contributed by atoms with E-state index < -0.39 is 0 Å². The third kappa shape index (κ3) is 2.56. The molecule has 0 unspecified atom stereocenters. The van der Waals surface area contributed by atoms with Gasteiger partial charge < -0.3 is 5.73 Å². The lowest BCUT2D eigenvalue weighted by molar-refractivity contribution is 0.867. The molecule has 0 aliphatic heterocycles. The Balaban J connectivity index is 2.30. The SMILES string of the molecule is CC(C)c1ccc(-c2[nH]ncc2CCN)cc1. The van der Waals surface area contributed by atoms with Crippen LogP contribution in [0.25, 0.3) is 11.3 Å². The molecule has 0 amide bonds. The zero-order chi connectivity index (χ0) is 12.3. The van der Waals surface area contributed by atoms with Gasteiger partial charge in [0, 0.05) is 0 Å². The van der Waals surface area contributed by atoms with Crippen LogP contribution in [-0.2, 0) is 6.42 Å². The van der Waals surface area contributed by atoms with Crippen molar-refractivity contribution in [2.45, 2.75) is 26.2 Å². The molecular weight excluding hydrogens is 210 g/mol. The smallest absolute Gasteiger partial charge is 0.0682 e. The van der Waals surface area contributed by atoms with Gasteiger partial charge in [0.05, 0.1) is 11.9 Å². The second-order valence-electron chi connectivity index (χ2n) is 4.59. The highest BCUT2D eigenvalue weighted by atomic mass is 15.1. The summed E-state index contributed by atoms with van der Waals surface area (Å²) in [6.45, 7) is 5.05. The molecule has 1 aromatic heterocycles. The van der Waals surface area contributed by atoms with Crippen LogP contribution in [-0.4, -0.2) is 16.7 Å². The Bertz CT molecular complexity index is 468. The number of hydrogen-bond donors (Lipinski definition) is 2. The van der Waals surface area contributed by atoms with Crippen LogP contribution in [0.2, 0.25) is 0 Å². The quantitative estimate of drug-likeness (QED) is 0.847. The molecule has 2 aromatic rings. The fraction of sp³-hybridized carbons (Fsp3) is 0.357. The number of aromatic nitrogens is 2. The van der Waals surface area contributed by atoms with Gasteiger partial charge in [0.1, 0.15) is 0 Å². The summed E-state index contributed by atoms with van der Waals surface area (Å²) in [4.78, 5) is 0. The topological polar surface area (TPSA) is 54.7 Å². The summed E-state index contributed by atoms with van der Waals surface area (Å²) in [6.07, 6.45) is 2.72. The van der Waals surface area contributed by atoms with E-state index in [4.69, 9.17) is 5.73 Å². The predicted molar refractivity (Wildman–Crippen MR) is 70.9 cm³/mol. The Hall–Kier alpha value is -1.61. The molecule has 3 heteroatoms. The number of aromatic amines is 1. The minimum absolute atomic E-state index is 0.564. The summed E-state index contributed by atoms with van der Waals surface area (Å²) in [5, 5.41) is 7.14. The largest absolute Gasteiger partial charge is 0.330 e. The third-order valence-electron chi connectivity index (χ3n) is 3.00. The van der Waals surface area contributed by atoms with Gasteiger partial charge in [-0.3, -0.25) is 5.10 Å². The minimum atomic E-state index is 0.564. The molecule has 0 saturated heterocycles. The second-order valence-corrected chi connectivity index (χ2v) is 4.59. The highest BCUT2D eigenvalue weighted by Crippen LogP contribution is 2.23. The first-order valence-electron chi connectivity index (χ1n) is 6.05. The number of nitrogens with two attached hydrogens (primary N) is 1. The van der Waals surface area contributed by atoms with Gasteiger partial charge >= 0.3 is 0 Å². The molecule has 0 atom stereocenters. The number of H-pyrrole nitrogens is 1. The van der Waals surface area contributed by atoms with Gasteiger partial charge in [-0.05, 0) is 35.6 Å². The molecule has 0 aliphatic carbocycles. The van der Waals surface area contributed by atoms with Crippen molar-refractivity contribution in [1.82, 2.24) is 10.2 Å². The summed E-state index contributed by atoms with van der Waals surface area (Å²) < 4.78 is 0. The van der Waals surface area contributed by atoms with Crippen molar-refractivity contribution in [3.05, 3.63) is 41.6 Å². The van der Waals surface area contributed by atoms with E-state index >= 15 is 0 Å². The van der Waals surface area contributed by atoms with Gasteiger partial charge in [-0.15, -0.1) is 0 Å². The Morgan fingerprint density at radius 2 is 1.94 bits per heavy atom. The molecule has 0 saturated carbocycles. The van der Waals surface area contributed by atoms with Gasteiger partial charge in [0.2, 0.25) is 0 Å². The lowest BCUT2D eigenvalue weighted by atomic mass is 9.99. The van der Waals surface area contributed by atoms with E-state index in [0.29, 0.717) is 12.5 Å². The van der Waals surface area contributed by atoms with Gasteiger partial charge in [-0.25, -0.2) is 0 Å². The molecule has 0 aliphatic rings. The molecule has 1 aromatic carbocycles. The fourth-order valence-corrected chi connectivity index (χ4v) is 1.94. The highest BCUT2D eigenvalue weighted by Gasteiger charge is 2.07. The maximum absolute atomic E-state index is 5.59. The summed E-state index contributed by atoms with van der Waals surface area (Å²) in [6, 6.07) is 8.63. The van der Waals surface area contributed by atoms with E-state index in [0.717, 1.165) is 12.1 Å². The van der Waals surface area contributed by atoms with Gasteiger partial charge in [-0.2, -0.15) is 5.10 Å². The maximum Gasteiger partial charge on any atom is 0.0682 e. The van der Waals surface area contributed by atoms with Crippen LogP contribution in [0.1, 0.15) is 30.9 Å². The van der Waals surface area contributed by atoms with Crippen LogP contribution in [0.15, 0.2) is 30.5 Å². The predicted octanol–water partition coefficient (Wildman–Crippen LogP) is 2.70. The Morgan fingerprint density at radius 1 is 1.24 bits per heavy atom. The standard InChI is InChI=1S/C14H19N3/c1-10(2)11-3-5-12(6-4-11)14-13(7-8-15)9-16-17-14/h3-6,9-10H,7-8,15H2,1-2H3,(H,16,17). The average Bonchev–Trinajstić information content (AvgIpc) is 2.78. The van der Waals surface area contributed by atoms with Crippen LogP contribution in [0.4, 0.5) is 0 Å². The van der Waals surface area contributed by atoms with Gasteiger partial charge in [-0.1, -0.05) is 38.1 Å². The molecular formula is C14H19N3. The van der Waals surface area contributed by atoms with Crippen molar-refractivity contribution < 1.29 is 0 Å². The van der Waals surface area contributed by atoms with Crippen molar-refractivity contribution in [3.8, 4) is 11.3 Å². The number of nitrogens with one attached hydrogen (secondary N) is 1. The highest BCUT2D eigenvalue weighted by molar-refractivity contribution is 5.63. The summed E-state index contributed by atoms with van der Waals surface area (Å²) in [5.41, 5.74) is 10.4. The molecule has 3 nitrogen and oxygen atoms in total.